The minimum absolute atomic E-state index is 0.263. The summed E-state index contributed by atoms with van der Waals surface area (Å²) < 4.78 is 29.9. The number of ether oxygens (including phenoxy) is 1. The Balaban J connectivity index is 2.51. The maximum atomic E-state index is 12.3. The number of rotatable bonds is 3. The molecule has 0 aliphatic heterocycles. The van der Waals surface area contributed by atoms with Gasteiger partial charge in [-0.3, -0.25) is 0 Å². The number of hydrogen-bond acceptors (Lipinski definition) is 4. The third-order valence-electron chi connectivity index (χ3n) is 2.33. The Labute approximate surface area is 105 Å². The molecule has 0 saturated heterocycles. The minimum atomic E-state index is -3.41. The van der Waals surface area contributed by atoms with Gasteiger partial charge in [-0.1, -0.05) is 6.07 Å². The van der Waals surface area contributed by atoms with Gasteiger partial charge in [0.05, 0.1) is 12.0 Å². The van der Waals surface area contributed by atoms with Gasteiger partial charge >= 0.3 is 0 Å². The average Bonchev–Trinajstić information content (AvgIpc) is 2.76. The summed E-state index contributed by atoms with van der Waals surface area (Å²) in [6.07, 6.45) is 0. The molecule has 1 aromatic heterocycles. The van der Waals surface area contributed by atoms with Crippen molar-refractivity contribution < 1.29 is 13.2 Å². The molecule has 1 heterocycles. The van der Waals surface area contributed by atoms with Crippen molar-refractivity contribution in [3.63, 3.8) is 0 Å². The van der Waals surface area contributed by atoms with Gasteiger partial charge in [0, 0.05) is 4.88 Å². The van der Waals surface area contributed by atoms with Crippen LogP contribution < -0.4 is 4.74 Å². The second-order valence-electron chi connectivity index (χ2n) is 3.55. The number of hydrogen-bond donors (Lipinski definition) is 0. The van der Waals surface area contributed by atoms with Gasteiger partial charge in [0.25, 0.3) is 0 Å². The van der Waals surface area contributed by atoms with Crippen LogP contribution in [0.5, 0.6) is 5.75 Å². The molecular weight excluding hydrogens is 256 g/mol. The van der Waals surface area contributed by atoms with Crippen molar-refractivity contribution in [3.8, 4) is 5.75 Å². The Bertz CT molecular complexity index is 627. The lowest BCUT2D eigenvalue weighted by atomic mass is 10.3. The highest BCUT2D eigenvalue weighted by molar-refractivity contribution is 7.93. The minimum Gasteiger partial charge on any atom is -0.497 e. The standard InChI is InChI=1S/C12H12O3S2/c1-9-6-7-12(16-9)17(13,14)11-5-3-4-10(8-11)15-2/h3-8H,1-2H3. The topological polar surface area (TPSA) is 43.4 Å². The maximum Gasteiger partial charge on any atom is 0.216 e. The van der Waals surface area contributed by atoms with Gasteiger partial charge in [-0.05, 0) is 37.3 Å². The van der Waals surface area contributed by atoms with Crippen molar-refractivity contribution >= 4 is 21.2 Å². The summed E-state index contributed by atoms with van der Waals surface area (Å²) in [5.74, 6) is 0.541. The molecule has 0 N–H and O–H groups in total. The lowest BCUT2D eigenvalue weighted by molar-refractivity contribution is 0.413. The van der Waals surface area contributed by atoms with E-state index in [9.17, 15) is 8.42 Å². The van der Waals surface area contributed by atoms with Gasteiger partial charge in [-0.15, -0.1) is 11.3 Å². The summed E-state index contributed by atoms with van der Waals surface area (Å²) >= 11 is 1.27. The first kappa shape index (κ1) is 12.1. The number of methoxy groups -OCH3 is 1. The lowest BCUT2D eigenvalue weighted by Crippen LogP contribution is -1.99. The van der Waals surface area contributed by atoms with Crippen LogP contribution in [-0.2, 0) is 9.84 Å². The van der Waals surface area contributed by atoms with E-state index in [1.165, 1.54) is 24.5 Å². The van der Waals surface area contributed by atoms with Crippen molar-refractivity contribution in [1.29, 1.82) is 0 Å². The highest BCUT2D eigenvalue weighted by Gasteiger charge is 2.19. The van der Waals surface area contributed by atoms with Gasteiger partial charge in [0.2, 0.25) is 9.84 Å². The highest BCUT2D eigenvalue weighted by atomic mass is 32.2. The van der Waals surface area contributed by atoms with Gasteiger partial charge in [0.1, 0.15) is 9.96 Å². The number of sulfone groups is 1. The molecule has 1 aromatic carbocycles. The molecule has 0 spiro atoms. The van der Waals surface area contributed by atoms with Gasteiger partial charge in [-0.2, -0.15) is 0 Å². The third kappa shape index (κ3) is 2.35. The van der Waals surface area contributed by atoms with E-state index in [1.807, 2.05) is 6.92 Å². The number of benzene rings is 1. The smallest absolute Gasteiger partial charge is 0.216 e. The third-order valence-corrected chi connectivity index (χ3v) is 5.58. The Morgan fingerprint density at radius 1 is 1.18 bits per heavy atom. The monoisotopic (exact) mass is 268 g/mol. The Kier molecular flexibility index (Phi) is 3.22. The van der Waals surface area contributed by atoms with Crippen LogP contribution in [0, 0.1) is 6.92 Å². The second kappa shape index (κ2) is 4.50. The van der Waals surface area contributed by atoms with E-state index in [2.05, 4.69) is 0 Å². The van der Waals surface area contributed by atoms with Crippen molar-refractivity contribution in [1.82, 2.24) is 0 Å². The predicted molar refractivity (Wildman–Crippen MR) is 67.5 cm³/mol. The van der Waals surface area contributed by atoms with Crippen LogP contribution in [0.15, 0.2) is 45.5 Å². The number of thiophene rings is 1. The quantitative estimate of drug-likeness (QED) is 0.859. The predicted octanol–water partition coefficient (Wildman–Crippen LogP) is 2.90. The van der Waals surface area contributed by atoms with E-state index in [-0.39, 0.29) is 4.90 Å². The van der Waals surface area contributed by atoms with E-state index in [0.29, 0.717) is 9.96 Å². The summed E-state index contributed by atoms with van der Waals surface area (Å²) in [7, 11) is -1.90. The molecule has 17 heavy (non-hydrogen) atoms. The van der Waals surface area contributed by atoms with Gasteiger partial charge < -0.3 is 4.74 Å². The van der Waals surface area contributed by atoms with Crippen LogP contribution in [0.4, 0.5) is 0 Å². The fourth-order valence-corrected chi connectivity index (χ4v) is 4.16. The van der Waals surface area contributed by atoms with Gasteiger partial charge in [-0.25, -0.2) is 8.42 Å². The molecule has 0 unspecified atom stereocenters. The van der Waals surface area contributed by atoms with Crippen LogP contribution in [0.3, 0.4) is 0 Å². The molecule has 2 rings (SSSR count). The van der Waals surface area contributed by atoms with Crippen LogP contribution in [-0.4, -0.2) is 15.5 Å². The van der Waals surface area contributed by atoms with E-state index in [0.717, 1.165) is 4.88 Å². The molecular formula is C12H12O3S2. The Morgan fingerprint density at radius 2 is 1.94 bits per heavy atom. The number of aryl methyl sites for hydroxylation is 1. The average molecular weight is 268 g/mol. The van der Waals surface area contributed by atoms with E-state index >= 15 is 0 Å². The lowest BCUT2D eigenvalue weighted by Gasteiger charge is -2.04. The molecule has 0 aliphatic rings. The van der Waals surface area contributed by atoms with E-state index in [4.69, 9.17) is 4.74 Å². The van der Waals surface area contributed by atoms with E-state index in [1.54, 1.807) is 30.3 Å². The van der Waals surface area contributed by atoms with Crippen LogP contribution in [0.25, 0.3) is 0 Å². The van der Waals surface area contributed by atoms with Crippen molar-refractivity contribution in [3.05, 3.63) is 41.3 Å². The molecule has 0 radical (unpaired) electrons. The summed E-state index contributed by atoms with van der Waals surface area (Å²) in [5.41, 5.74) is 0. The normalized spacial score (nSPS) is 11.4. The highest BCUT2D eigenvalue weighted by Crippen LogP contribution is 2.28. The first-order valence-corrected chi connectivity index (χ1v) is 7.29. The molecule has 3 nitrogen and oxygen atoms in total. The zero-order valence-corrected chi connectivity index (χ0v) is 11.1. The van der Waals surface area contributed by atoms with Crippen LogP contribution in [0.1, 0.15) is 4.88 Å². The Hall–Kier alpha value is -1.33. The Morgan fingerprint density at radius 3 is 2.53 bits per heavy atom. The van der Waals surface area contributed by atoms with Crippen LogP contribution >= 0.6 is 11.3 Å². The first-order valence-electron chi connectivity index (χ1n) is 4.99. The fraction of sp³-hybridized carbons (Fsp3) is 0.167. The summed E-state index contributed by atoms with van der Waals surface area (Å²) in [6, 6.07) is 9.94. The molecule has 0 atom stereocenters. The van der Waals surface area contributed by atoms with E-state index < -0.39 is 9.84 Å². The van der Waals surface area contributed by atoms with Crippen molar-refractivity contribution in [2.45, 2.75) is 16.0 Å². The summed E-state index contributed by atoms with van der Waals surface area (Å²) in [5, 5.41) is 0. The molecule has 0 aliphatic carbocycles. The SMILES string of the molecule is COc1cccc(S(=O)(=O)c2ccc(C)s2)c1. The molecule has 0 amide bonds. The van der Waals surface area contributed by atoms with Crippen LogP contribution in [0.2, 0.25) is 0 Å². The molecule has 0 bridgehead atoms. The van der Waals surface area contributed by atoms with Crippen molar-refractivity contribution in [2.75, 3.05) is 7.11 Å². The summed E-state index contributed by atoms with van der Waals surface area (Å²) in [6.45, 7) is 1.88. The zero-order valence-electron chi connectivity index (χ0n) is 9.51. The fourth-order valence-electron chi connectivity index (χ4n) is 1.44. The summed E-state index contributed by atoms with van der Waals surface area (Å²) in [4.78, 5) is 1.24. The molecule has 90 valence electrons. The molecule has 0 saturated carbocycles. The molecule has 2 aromatic rings. The molecule has 5 heteroatoms. The largest absolute Gasteiger partial charge is 0.497 e. The first-order chi connectivity index (χ1) is 8.04. The van der Waals surface area contributed by atoms with Gasteiger partial charge in [0.15, 0.2) is 0 Å². The second-order valence-corrected chi connectivity index (χ2v) is 7.01. The van der Waals surface area contributed by atoms with Crippen molar-refractivity contribution in [2.24, 2.45) is 0 Å². The zero-order chi connectivity index (χ0) is 12.5. The molecule has 0 fully saturated rings. The maximum absolute atomic E-state index is 12.3.